The Morgan fingerprint density at radius 3 is 1.62 bits per heavy atom. The number of nitrogens with one attached hydrogen (secondary N) is 12. The number of unbranched alkanes of at least 4 members (excludes halogenated alkanes) is 3. The van der Waals surface area contributed by atoms with Gasteiger partial charge in [0, 0.05) is 106 Å². The number of carbonyl (C=O) groups excluding carboxylic acids is 17. The molecule has 0 spiro atoms. The number of amides is 17. The predicted molar refractivity (Wildman–Crippen MR) is 489 cm³/mol. The summed E-state index contributed by atoms with van der Waals surface area (Å²) >= 11 is 0.787. The quantitative estimate of drug-likeness (QED) is 0.0215. The summed E-state index contributed by atoms with van der Waals surface area (Å²) in [5, 5.41) is 49.2. The third kappa shape index (κ3) is 29.6. The molecule has 3 aliphatic heterocycles. The molecule has 0 saturated carbocycles. The topological polar surface area (TPSA) is 655 Å². The predicted octanol–water partition coefficient (Wildman–Crippen LogP) is -3.59. The van der Waals surface area contributed by atoms with E-state index in [2.05, 4.69) is 63.1 Å². The molecule has 8 rings (SSSR count). The Morgan fingerprint density at radius 1 is 0.504 bits per heavy atom. The number of primary amides is 2. The molecule has 2 aromatic heterocycles. The van der Waals surface area contributed by atoms with Crippen LogP contribution in [-0.2, 0) is 106 Å². The van der Waals surface area contributed by atoms with Crippen molar-refractivity contribution >= 4 is 140 Å². The molecule has 43 nitrogen and oxygen atoms in total. The molecule has 133 heavy (non-hydrogen) atoms. The maximum atomic E-state index is 15.8. The highest BCUT2D eigenvalue weighted by Gasteiger charge is 2.47. The zero-order valence-corrected chi connectivity index (χ0v) is 76.8. The number of nitrogens with zero attached hydrogens (tertiary/aromatic N) is 5. The Labute approximate surface area is 773 Å². The van der Waals surface area contributed by atoms with Crippen LogP contribution in [0.4, 0.5) is 0 Å². The number of aromatic nitrogens is 2. The first-order chi connectivity index (χ1) is 63.4. The Balaban J connectivity index is 1.20. The zero-order valence-electron chi connectivity index (χ0n) is 76.0. The van der Waals surface area contributed by atoms with E-state index in [0.717, 1.165) is 36.3 Å². The normalized spacial score (nSPS) is 24.9. The van der Waals surface area contributed by atoms with Crippen molar-refractivity contribution in [3.63, 3.8) is 0 Å². The number of carbonyl (C=O) groups is 18. The molecule has 5 heterocycles. The Hall–Kier alpha value is -12.8. The molecule has 17 amide bonds. The number of H-pyrrole nitrogens is 2. The fourth-order valence-corrected chi connectivity index (χ4v) is 17.2. The number of thioether (sulfide) groups is 1. The number of ether oxygens (including phenoxy) is 1. The number of aliphatic hydroxyl groups excluding tert-OH is 1. The molecule has 44 heteroatoms. The van der Waals surface area contributed by atoms with E-state index in [1.807, 2.05) is 13.8 Å². The van der Waals surface area contributed by atoms with E-state index in [4.69, 9.17) is 33.4 Å². The Bertz CT molecular complexity index is 4960. The third-order valence-electron chi connectivity index (χ3n) is 23.9. The van der Waals surface area contributed by atoms with Crippen LogP contribution >= 0.6 is 11.8 Å². The first-order valence-corrected chi connectivity index (χ1v) is 45.9. The van der Waals surface area contributed by atoms with Crippen molar-refractivity contribution in [3.05, 3.63) is 102 Å². The minimum atomic E-state index is -2.05. The van der Waals surface area contributed by atoms with Crippen LogP contribution in [0.3, 0.4) is 0 Å². The van der Waals surface area contributed by atoms with E-state index in [1.165, 1.54) is 35.2 Å². The minimum Gasteiger partial charge on any atom is -0.497 e. The highest BCUT2D eigenvalue weighted by molar-refractivity contribution is 8.00. The number of fused-ring (bicyclic) bond motifs is 4. The van der Waals surface area contributed by atoms with Gasteiger partial charge in [-0.15, -0.1) is 11.8 Å². The van der Waals surface area contributed by atoms with Crippen molar-refractivity contribution in [3.8, 4) is 5.75 Å². The number of para-hydroxylation sites is 2. The maximum Gasteiger partial charge on any atom is 0.305 e. The lowest BCUT2D eigenvalue weighted by Crippen LogP contribution is -2.61. The minimum absolute atomic E-state index is 0.00646. The summed E-state index contributed by atoms with van der Waals surface area (Å²) in [7, 11) is 5.32. The number of hydrogen-bond acceptors (Lipinski definition) is 24. The second-order valence-electron chi connectivity index (χ2n) is 33.6. The van der Waals surface area contributed by atoms with Crippen molar-refractivity contribution in [2.75, 3.05) is 79.0 Å². The average Bonchev–Trinajstić information content (AvgIpc) is 1.64. The molecule has 726 valence electrons. The summed E-state index contributed by atoms with van der Waals surface area (Å²) in [4.78, 5) is 274. The summed E-state index contributed by atoms with van der Waals surface area (Å²) in [6, 6.07) is -1.90. The standard InChI is InChI=1S/C89H128N22O21S/c1-8-10-26-68-82(124)99-59(25-18-34-91)78(120)106-67(77(119)97-45-73(94)114)47-133-48-74(115)98-63(36-50-29-31-54(132-7)32-30-50)85(127)107(4)49(3)76(118)103-65(40-72(93)113)88(130)110-35-19-28-69(110)83(125)105-66(42-92)81(123)100-60(24-16-17-33-90)87(129)111-46-53(112)39-71(111)84(126)102-61(37-51-43-95-57-22-14-12-20-55(51)57)79(121)101-62(41-75(116)117)80(122)104-64(38-52-44-96-58-23-15-13-21-56(52)58)86(128)109(6)70(27-11-9-2)89(131)108(68)5/h12-15,20-23,29-32,43-44,49,53,59-71,95-96,112H,8-11,16-19,24-28,33-42,45-48,90-92H2,1-7H3,(H2,93,113)(H2,94,114)(H,97,119)(H,98,115)(H,99,124)(H,100,123)(H,101,121)(H,102,126)(H,103,118)(H,104,122)(H,105,125)(H,106,120)(H,116,117)/t49-,53+,59-,60-,61-,62-,63-,64-,65+,66-,67-,68-,69-,70-,71-/m0/s1. The molecular formula is C89H128N22O21S. The van der Waals surface area contributed by atoms with Crippen LogP contribution in [0.2, 0.25) is 0 Å². The summed E-state index contributed by atoms with van der Waals surface area (Å²) in [5.41, 5.74) is 31.8. The van der Waals surface area contributed by atoms with Gasteiger partial charge in [0.2, 0.25) is 100 Å². The SMILES string of the molecule is CCCC[C@H]1C(=O)N(C)[C@@H](CCCC)C(=O)N[C@@H](CCCN)C(=O)N[C@H](C(=O)NCC(N)=O)CSCC(=O)N[C@@H](Cc2ccc(OC)cc2)C(=O)N(C)[C@@H](C)C(=O)N[C@H](CC(N)=O)C(=O)N2CCC[C@H]2C(=O)N[C@@H](CN)C(=O)N[C@@H](CCCCN)C(=O)N2C[C@H](O)C[C@H]2C(=O)N[C@@H](Cc2c[nH]c3ccccc23)C(=O)N[C@@H](CC(=O)O)C(=O)N[C@@H](Cc2c[nH]c3ccccc23)C(=O)N1C. The van der Waals surface area contributed by atoms with Crippen molar-refractivity contribution < 1.29 is 101 Å². The van der Waals surface area contributed by atoms with Crippen LogP contribution in [0.5, 0.6) is 5.75 Å². The van der Waals surface area contributed by atoms with E-state index in [-0.39, 0.29) is 90.3 Å². The maximum absolute atomic E-state index is 15.8. The number of carboxylic acid groups (broad SMARTS) is 1. The van der Waals surface area contributed by atoms with Crippen LogP contribution in [0, 0.1) is 0 Å². The molecule has 0 unspecified atom stereocenters. The molecule has 0 radical (unpaired) electrons. The second-order valence-corrected chi connectivity index (χ2v) is 34.7. The number of carboxylic acids is 1. The van der Waals surface area contributed by atoms with Crippen LogP contribution < -0.4 is 86.6 Å². The van der Waals surface area contributed by atoms with Gasteiger partial charge >= 0.3 is 5.97 Å². The van der Waals surface area contributed by atoms with Gasteiger partial charge in [-0.3, -0.25) is 86.3 Å². The van der Waals surface area contributed by atoms with E-state index in [0.29, 0.717) is 76.3 Å². The molecule has 3 aliphatic rings. The number of rotatable bonds is 28. The Morgan fingerprint density at radius 2 is 1.02 bits per heavy atom. The second kappa shape index (κ2) is 51.3. The average molecular weight is 1870 g/mol. The van der Waals surface area contributed by atoms with Crippen molar-refractivity contribution in [1.29, 1.82) is 0 Å². The van der Waals surface area contributed by atoms with Crippen molar-refractivity contribution in [2.45, 2.75) is 233 Å². The number of benzene rings is 3. The molecule has 15 atom stereocenters. The fourth-order valence-electron chi connectivity index (χ4n) is 16.4. The van der Waals surface area contributed by atoms with E-state index in [1.54, 1.807) is 85.2 Å². The molecule has 24 N–H and O–H groups in total. The van der Waals surface area contributed by atoms with Gasteiger partial charge in [0.05, 0.1) is 38.4 Å². The van der Waals surface area contributed by atoms with E-state index < -0.39 is 247 Å². The number of hydrogen-bond donors (Lipinski definition) is 19. The smallest absolute Gasteiger partial charge is 0.305 e. The van der Waals surface area contributed by atoms with Crippen molar-refractivity contribution in [1.82, 2.24) is 87.6 Å². The number of aliphatic carboxylic acids is 1. The van der Waals surface area contributed by atoms with E-state index >= 15 is 33.6 Å². The first-order valence-electron chi connectivity index (χ1n) is 44.7. The molecule has 3 aromatic carbocycles. The highest BCUT2D eigenvalue weighted by atomic mass is 32.2. The largest absolute Gasteiger partial charge is 0.497 e. The summed E-state index contributed by atoms with van der Waals surface area (Å²) in [6.07, 6.45) is 0.506. The lowest BCUT2D eigenvalue weighted by Gasteiger charge is -2.36. The molecular weight excluding hydrogens is 1750 g/mol. The number of likely N-dealkylation sites (N-methyl/N-ethyl adjacent to an activating group) is 3. The highest BCUT2D eigenvalue weighted by Crippen LogP contribution is 2.28. The number of aromatic amines is 2. The Kier molecular flexibility index (Phi) is 40.7. The monoisotopic (exact) mass is 1870 g/mol. The van der Waals surface area contributed by atoms with Gasteiger partial charge in [0.1, 0.15) is 90.3 Å². The van der Waals surface area contributed by atoms with Gasteiger partial charge in [-0.2, -0.15) is 0 Å². The molecule has 3 saturated heterocycles. The summed E-state index contributed by atoms with van der Waals surface area (Å²) < 4.78 is 5.34. The van der Waals surface area contributed by atoms with Gasteiger partial charge < -0.3 is 131 Å². The number of aliphatic hydroxyl groups is 1. The zero-order chi connectivity index (χ0) is 97.4. The third-order valence-corrected chi connectivity index (χ3v) is 25.0. The van der Waals surface area contributed by atoms with Gasteiger partial charge in [-0.1, -0.05) is 88.1 Å². The van der Waals surface area contributed by atoms with Crippen LogP contribution in [0.1, 0.15) is 140 Å². The fraction of sp³-hybridized carbons (Fsp3) is 0.551. The van der Waals surface area contributed by atoms with Gasteiger partial charge in [0.15, 0.2) is 0 Å². The molecule has 5 aromatic rings. The summed E-state index contributed by atoms with van der Waals surface area (Å²) in [5.74, 6) is -18.5. The lowest BCUT2D eigenvalue weighted by molar-refractivity contribution is -0.149. The van der Waals surface area contributed by atoms with Crippen LogP contribution in [-0.4, -0.2) is 321 Å². The van der Waals surface area contributed by atoms with Gasteiger partial charge in [-0.25, -0.2) is 0 Å². The summed E-state index contributed by atoms with van der Waals surface area (Å²) in [6.45, 7) is 3.13. The number of methoxy groups -OCH3 is 1. The van der Waals surface area contributed by atoms with Crippen LogP contribution in [0.15, 0.2) is 85.2 Å². The van der Waals surface area contributed by atoms with Crippen LogP contribution in [0.25, 0.3) is 21.8 Å². The lowest BCUT2D eigenvalue weighted by atomic mass is 9.99. The van der Waals surface area contributed by atoms with Gasteiger partial charge in [0.25, 0.3) is 0 Å². The molecule has 0 aliphatic carbocycles. The first kappa shape index (κ1) is 106. The van der Waals surface area contributed by atoms with Crippen molar-refractivity contribution in [2.24, 2.45) is 28.7 Å². The van der Waals surface area contributed by atoms with E-state index in [9.17, 15) is 63.0 Å². The van der Waals surface area contributed by atoms with Gasteiger partial charge in [-0.05, 0) is 119 Å². The molecule has 3 fully saturated rings. The molecule has 0 bridgehead atoms. The number of nitrogens with two attached hydrogens (primary N) is 5.